The first-order valence-corrected chi connectivity index (χ1v) is 7.20. The van der Waals surface area contributed by atoms with Crippen LogP contribution in [0.4, 0.5) is 5.69 Å². The molecular weight excluding hydrogens is 246 g/mol. The Labute approximate surface area is 121 Å². The van der Waals surface area contributed by atoms with Gasteiger partial charge in [0.1, 0.15) is 0 Å². The predicted molar refractivity (Wildman–Crippen MR) is 83.8 cm³/mol. The molecule has 2 aromatic carbocycles. The molecule has 0 aliphatic rings. The molecule has 2 aromatic rings. The molecule has 0 N–H and O–H groups in total. The van der Waals surface area contributed by atoms with Gasteiger partial charge in [-0.05, 0) is 37.5 Å². The van der Waals surface area contributed by atoms with Gasteiger partial charge in [0, 0.05) is 18.7 Å². The summed E-state index contributed by atoms with van der Waals surface area (Å²) in [6.07, 6.45) is 2.45. The Balaban J connectivity index is 1.87. The van der Waals surface area contributed by atoms with E-state index in [4.69, 9.17) is 0 Å². The summed E-state index contributed by atoms with van der Waals surface area (Å²) in [4.78, 5) is 14.1. The largest absolute Gasteiger partial charge is 0.313 e. The van der Waals surface area contributed by atoms with Crippen LogP contribution in [0, 0.1) is 0 Å². The molecule has 2 nitrogen and oxygen atoms in total. The molecule has 104 valence electrons. The molecule has 0 fully saturated rings. The zero-order valence-electron chi connectivity index (χ0n) is 12.0. The first-order valence-electron chi connectivity index (χ1n) is 7.20. The second kappa shape index (κ2) is 7.49. The standard InChI is InChI=1S/C18H21NO/c1-2-19(17-13-7-4-8-14-17)18(20)15-9-12-16-10-5-3-6-11-16/h3-8,10-11,13-14H,2,9,12,15H2,1H3. The molecule has 0 aliphatic heterocycles. The van der Waals surface area contributed by atoms with E-state index in [2.05, 4.69) is 12.1 Å². The third-order valence-electron chi connectivity index (χ3n) is 3.38. The van der Waals surface area contributed by atoms with Gasteiger partial charge in [0.05, 0.1) is 0 Å². The zero-order valence-corrected chi connectivity index (χ0v) is 12.0. The molecule has 2 rings (SSSR count). The maximum atomic E-state index is 12.3. The van der Waals surface area contributed by atoms with Crippen molar-refractivity contribution in [1.29, 1.82) is 0 Å². The molecule has 0 radical (unpaired) electrons. The highest BCUT2D eigenvalue weighted by Gasteiger charge is 2.12. The molecule has 20 heavy (non-hydrogen) atoms. The van der Waals surface area contributed by atoms with Crippen molar-refractivity contribution in [3.63, 3.8) is 0 Å². The van der Waals surface area contributed by atoms with Crippen LogP contribution in [-0.2, 0) is 11.2 Å². The van der Waals surface area contributed by atoms with E-state index in [-0.39, 0.29) is 5.91 Å². The van der Waals surface area contributed by atoms with Gasteiger partial charge in [-0.1, -0.05) is 48.5 Å². The van der Waals surface area contributed by atoms with E-state index in [1.54, 1.807) is 0 Å². The van der Waals surface area contributed by atoms with Gasteiger partial charge in [0.15, 0.2) is 0 Å². The number of nitrogens with zero attached hydrogens (tertiary/aromatic N) is 1. The van der Waals surface area contributed by atoms with Crippen molar-refractivity contribution in [2.45, 2.75) is 26.2 Å². The van der Waals surface area contributed by atoms with Crippen LogP contribution in [0.5, 0.6) is 0 Å². The first kappa shape index (κ1) is 14.3. The number of benzene rings is 2. The number of hydrogen-bond donors (Lipinski definition) is 0. The van der Waals surface area contributed by atoms with E-state index in [1.807, 2.05) is 60.4 Å². The van der Waals surface area contributed by atoms with Gasteiger partial charge in [-0.25, -0.2) is 0 Å². The van der Waals surface area contributed by atoms with Gasteiger partial charge in [-0.3, -0.25) is 4.79 Å². The number of amides is 1. The fourth-order valence-corrected chi connectivity index (χ4v) is 2.33. The lowest BCUT2D eigenvalue weighted by Crippen LogP contribution is -2.30. The summed E-state index contributed by atoms with van der Waals surface area (Å²) >= 11 is 0. The Morgan fingerprint density at radius 1 is 0.950 bits per heavy atom. The van der Waals surface area contributed by atoms with Crippen LogP contribution in [0.25, 0.3) is 0 Å². The maximum Gasteiger partial charge on any atom is 0.226 e. The lowest BCUT2D eigenvalue weighted by Gasteiger charge is -2.21. The van der Waals surface area contributed by atoms with Crippen molar-refractivity contribution in [2.75, 3.05) is 11.4 Å². The summed E-state index contributed by atoms with van der Waals surface area (Å²) in [5, 5.41) is 0. The topological polar surface area (TPSA) is 20.3 Å². The summed E-state index contributed by atoms with van der Waals surface area (Å²) in [5.74, 6) is 0.203. The quantitative estimate of drug-likeness (QED) is 0.772. The Kier molecular flexibility index (Phi) is 5.36. The zero-order chi connectivity index (χ0) is 14.2. The number of carbonyl (C=O) groups is 1. The summed E-state index contributed by atoms with van der Waals surface area (Å²) in [6.45, 7) is 2.73. The minimum atomic E-state index is 0.203. The smallest absolute Gasteiger partial charge is 0.226 e. The fourth-order valence-electron chi connectivity index (χ4n) is 2.33. The van der Waals surface area contributed by atoms with Gasteiger partial charge < -0.3 is 4.90 Å². The second-order valence-corrected chi connectivity index (χ2v) is 4.81. The summed E-state index contributed by atoms with van der Waals surface area (Å²) < 4.78 is 0. The van der Waals surface area contributed by atoms with Gasteiger partial charge in [0.25, 0.3) is 0 Å². The van der Waals surface area contributed by atoms with Crippen molar-refractivity contribution in [3.8, 4) is 0 Å². The number of aryl methyl sites for hydroxylation is 1. The molecule has 2 heteroatoms. The second-order valence-electron chi connectivity index (χ2n) is 4.81. The molecule has 0 heterocycles. The van der Waals surface area contributed by atoms with E-state index in [0.29, 0.717) is 13.0 Å². The van der Waals surface area contributed by atoms with Crippen LogP contribution in [0.15, 0.2) is 60.7 Å². The van der Waals surface area contributed by atoms with E-state index in [9.17, 15) is 4.79 Å². The molecule has 0 atom stereocenters. The van der Waals surface area contributed by atoms with Crippen LogP contribution in [0.1, 0.15) is 25.3 Å². The lowest BCUT2D eigenvalue weighted by atomic mass is 10.1. The number of carbonyl (C=O) groups excluding carboxylic acids is 1. The SMILES string of the molecule is CCN(C(=O)CCCc1ccccc1)c1ccccc1. The number of para-hydroxylation sites is 1. The molecular formula is C18H21NO. The normalized spacial score (nSPS) is 10.2. The van der Waals surface area contributed by atoms with Crippen LogP contribution in [0.3, 0.4) is 0 Å². The molecule has 1 amide bonds. The minimum absolute atomic E-state index is 0.203. The Hall–Kier alpha value is -2.09. The van der Waals surface area contributed by atoms with Gasteiger partial charge >= 0.3 is 0 Å². The van der Waals surface area contributed by atoms with Crippen LogP contribution in [0.2, 0.25) is 0 Å². The number of rotatable bonds is 6. The Morgan fingerprint density at radius 3 is 2.15 bits per heavy atom. The summed E-state index contributed by atoms with van der Waals surface area (Å²) in [6, 6.07) is 20.2. The molecule has 0 unspecified atom stereocenters. The highest BCUT2D eigenvalue weighted by molar-refractivity contribution is 5.93. The van der Waals surface area contributed by atoms with Gasteiger partial charge in [-0.2, -0.15) is 0 Å². The third kappa shape index (κ3) is 3.95. The third-order valence-corrected chi connectivity index (χ3v) is 3.38. The van der Waals surface area contributed by atoms with Crippen LogP contribution >= 0.6 is 0 Å². The molecule has 0 spiro atoms. The van der Waals surface area contributed by atoms with E-state index >= 15 is 0 Å². The highest BCUT2D eigenvalue weighted by atomic mass is 16.2. The van der Waals surface area contributed by atoms with E-state index in [0.717, 1.165) is 18.5 Å². The molecule has 0 saturated carbocycles. The average Bonchev–Trinajstić information content (AvgIpc) is 2.50. The van der Waals surface area contributed by atoms with Crippen LogP contribution < -0.4 is 4.90 Å². The van der Waals surface area contributed by atoms with Crippen molar-refractivity contribution in [1.82, 2.24) is 0 Å². The predicted octanol–water partition coefficient (Wildman–Crippen LogP) is 4.06. The summed E-state index contributed by atoms with van der Waals surface area (Å²) in [7, 11) is 0. The minimum Gasteiger partial charge on any atom is -0.313 e. The first-order chi connectivity index (χ1) is 9.81. The monoisotopic (exact) mass is 267 g/mol. The van der Waals surface area contributed by atoms with Crippen molar-refractivity contribution in [3.05, 3.63) is 66.2 Å². The van der Waals surface area contributed by atoms with Gasteiger partial charge in [0.2, 0.25) is 5.91 Å². The van der Waals surface area contributed by atoms with Crippen molar-refractivity contribution < 1.29 is 4.79 Å². The lowest BCUT2D eigenvalue weighted by molar-refractivity contribution is -0.118. The van der Waals surface area contributed by atoms with Gasteiger partial charge in [-0.15, -0.1) is 0 Å². The number of anilines is 1. The maximum absolute atomic E-state index is 12.3. The Morgan fingerprint density at radius 2 is 1.55 bits per heavy atom. The highest BCUT2D eigenvalue weighted by Crippen LogP contribution is 2.15. The van der Waals surface area contributed by atoms with E-state index in [1.165, 1.54) is 5.56 Å². The van der Waals surface area contributed by atoms with E-state index < -0.39 is 0 Å². The number of hydrogen-bond acceptors (Lipinski definition) is 1. The molecule has 0 saturated heterocycles. The molecule has 0 aliphatic carbocycles. The fraction of sp³-hybridized carbons (Fsp3) is 0.278. The van der Waals surface area contributed by atoms with Crippen LogP contribution in [-0.4, -0.2) is 12.5 Å². The molecule has 0 bridgehead atoms. The summed E-state index contributed by atoms with van der Waals surface area (Å²) in [5.41, 5.74) is 2.28. The average molecular weight is 267 g/mol. The van der Waals surface area contributed by atoms with Crippen molar-refractivity contribution >= 4 is 11.6 Å². The molecule has 0 aromatic heterocycles. The van der Waals surface area contributed by atoms with Crippen molar-refractivity contribution in [2.24, 2.45) is 0 Å². The Bertz CT molecular complexity index is 522.